The van der Waals surface area contributed by atoms with Crippen LogP contribution in [0.5, 0.6) is 0 Å². The third-order valence-electron chi connectivity index (χ3n) is 7.51. The van der Waals surface area contributed by atoms with Crippen molar-refractivity contribution in [2.75, 3.05) is 20.1 Å². The second-order valence-electron chi connectivity index (χ2n) is 10.9. The average molecular weight is 577 g/mol. The molecular formula is C28H41FN6O6. The van der Waals surface area contributed by atoms with Gasteiger partial charge in [-0.1, -0.05) is 6.07 Å². The maximum atomic E-state index is 13.9. The summed E-state index contributed by atoms with van der Waals surface area (Å²) >= 11 is 0. The van der Waals surface area contributed by atoms with Gasteiger partial charge in [-0.15, -0.1) is 0 Å². The van der Waals surface area contributed by atoms with Crippen LogP contribution in [0.25, 0.3) is 0 Å². The molecule has 2 aliphatic rings. The number of likely N-dealkylation sites (N-methyl/N-ethyl adjacent to an activating group) is 1. The van der Waals surface area contributed by atoms with Gasteiger partial charge < -0.3 is 36.6 Å². The number of amides is 4. The van der Waals surface area contributed by atoms with E-state index in [2.05, 4.69) is 10.6 Å². The number of halogens is 1. The van der Waals surface area contributed by atoms with Crippen molar-refractivity contribution in [2.45, 2.75) is 89.2 Å². The minimum atomic E-state index is -1.36. The zero-order valence-corrected chi connectivity index (χ0v) is 24.0. The predicted octanol–water partition coefficient (Wildman–Crippen LogP) is -0.504. The summed E-state index contributed by atoms with van der Waals surface area (Å²) in [5.74, 6) is -3.23. The van der Waals surface area contributed by atoms with Crippen LogP contribution in [0.1, 0.15) is 50.7 Å². The van der Waals surface area contributed by atoms with Gasteiger partial charge in [0.25, 0.3) is 0 Å². The Labute approximate surface area is 239 Å². The van der Waals surface area contributed by atoms with Crippen LogP contribution in [-0.2, 0) is 35.1 Å². The molecule has 2 saturated heterocycles. The Morgan fingerprint density at radius 3 is 2.20 bits per heavy atom. The highest BCUT2D eigenvalue weighted by molar-refractivity contribution is 5.94. The molecular weight excluding hydrogens is 535 g/mol. The molecule has 41 heavy (non-hydrogen) atoms. The van der Waals surface area contributed by atoms with E-state index in [0.717, 1.165) is 0 Å². The molecule has 1 unspecified atom stereocenters. The summed E-state index contributed by atoms with van der Waals surface area (Å²) in [6.07, 6.45) is 0.809. The van der Waals surface area contributed by atoms with E-state index in [9.17, 15) is 28.4 Å². The lowest BCUT2D eigenvalue weighted by molar-refractivity contribution is -0.161. The molecule has 12 nitrogen and oxygen atoms in total. The second-order valence-corrected chi connectivity index (χ2v) is 10.9. The number of nitrogens with zero attached hydrogens (tertiary/aromatic N) is 2. The zero-order chi connectivity index (χ0) is 30.4. The standard InChI is InChI=1S/C28H41FN6O6/c1-15-11-18(13-19(29)12-15)14-20(31)24(36)33-23(27(39)34-9-5-7-21(34)25(37)32-4)17(3)41-28(40)22-8-6-10-35(22)26(38)16(2)30/h11-13,16-17,20-23H,5-10,14,30-31H2,1-4H3,(H,32,37)(H,33,36)/t16-,17-,20-,21-,22?,23-/m0/s1. The lowest BCUT2D eigenvalue weighted by Gasteiger charge is -2.33. The van der Waals surface area contributed by atoms with Crippen LogP contribution >= 0.6 is 0 Å². The Hall–Kier alpha value is -3.58. The monoisotopic (exact) mass is 576 g/mol. The molecule has 2 aliphatic heterocycles. The van der Waals surface area contributed by atoms with E-state index in [1.165, 1.54) is 42.8 Å². The number of likely N-dealkylation sites (tertiary alicyclic amines) is 2. The lowest BCUT2D eigenvalue weighted by Crippen LogP contribution is -2.60. The van der Waals surface area contributed by atoms with Gasteiger partial charge in [-0.3, -0.25) is 19.2 Å². The molecule has 226 valence electrons. The Morgan fingerprint density at radius 1 is 1.00 bits per heavy atom. The number of carbonyl (C=O) groups is 5. The highest BCUT2D eigenvalue weighted by atomic mass is 19.1. The van der Waals surface area contributed by atoms with Gasteiger partial charge in [0.2, 0.25) is 23.6 Å². The first kappa shape index (κ1) is 31.9. The molecule has 1 aromatic carbocycles. The SMILES string of the molecule is CNC(=O)[C@@H]1CCCN1C(=O)[C@@H](NC(=O)[C@@H](N)Cc1cc(C)cc(F)c1)[C@H](C)OC(=O)C1CCCN1C(=O)[C@H](C)N. The van der Waals surface area contributed by atoms with E-state index in [-0.39, 0.29) is 24.8 Å². The van der Waals surface area contributed by atoms with E-state index < -0.39 is 59.9 Å². The Balaban J connectivity index is 1.80. The highest BCUT2D eigenvalue weighted by Crippen LogP contribution is 2.23. The summed E-state index contributed by atoms with van der Waals surface area (Å²) in [5, 5.41) is 5.16. The molecule has 0 spiro atoms. The molecule has 2 fully saturated rings. The van der Waals surface area contributed by atoms with Gasteiger partial charge >= 0.3 is 5.97 Å². The van der Waals surface area contributed by atoms with Crippen molar-refractivity contribution >= 4 is 29.6 Å². The zero-order valence-electron chi connectivity index (χ0n) is 24.0. The summed E-state index contributed by atoms with van der Waals surface area (Å²) in [7, 11) is 1.47. The number of hydrogen-bond donors (Lipinski definition) is 4. The maximum absolute atomic E-state index is 13.9. The maximum Gasteiger partial charge on any atom is 0.329 e. The number of aryl methyl sites for hydroxylation is 1. The van der Waals surface area contributed by atoms with Crippen molar-refractivity contribution in [3.8, 4) is 0 Å². The molecule has 0 radical (unpaired) electrons. The van der Waals surface area contributed by atoms with Gasteiger partial charge in [-0.25, -0.2) is 9.18 Å². The number of ether oxygens (including phenoxy) is 1. The molecule has 3 rings (SSSR count). The predicted molar refractivity (Wildman–Crippen MR) is 147 cm³/mol. The van der Waals surface area contributed by atoms with E-state index >= 15 is 0 Å². The first-order valence-electron chi connectivity index (χ1n) is 13.9. The van der Waals surface area contributed by atoms with Gasteiger partial charge in [0.1, 0.15) is 30.0 Å². The quantitative estimate of drug-likeness (QED) is 0.269. The number of esters is 1. The number of nitrogens with two attached hydrogens (primary N) is 2. The van der Waals surface area contributed by atoms with Gasteiger partial charge in [0.05, 0.1) is 12.1 Å². The molecule has 2 heterocycles. The van der Waals surface area contributed by atoms with Gasteiger partial charge in [-0.05, 0) is 76.1 Å². The van der Waals surface area contributed by atoms with Crippen molar-refractivity contribution in [2.24, 2.45) is 11.5 Å². The van der Waals surface area contributed by atoms with Crippen molar-refractivity contribution in [3.05, 3.63) is 35.1 Å². The second kappa shape index (κ2) is 13.9. The van der Waals surface area contributed by atoms with Crippen LogP contribution in [0.15, 0.2) is 18.2 Å². The number of hydrogen-bond acceptors (Lipinski definition) is 8. The van der Waals surface area contributed by atoms with Crippen LogP contribution in [0.2, 0.25) is 0 Å². The van der Waals surface area contributed by atoms with Gasteiger partial charge in [0, 0.05) is 20.1 Å². The van der Waals surface area contributed by atoms with Gasteiger partial charge in [0.15, 0.2) is 0 Å². The summed E-state index contributed by atoms with van der Waals surface area (Å²) < 4.78 is 19.5. The topological polar surface area (TPSA) is 177 Å². The molecule has 0 saturated carbocycles. The van der Waals surface area contributed by atoms with E-state index in [0.29, 0.717) is 43.4 Å². The highest BCUT2D eigenvalue weighted by Gasteiger charge is 2.43. The third-order valence-corrected chi connectivity index (χ3v) is 7.51. The molecule has 13 heteroatoms. The van der Waals surface area contributed by atoms with Crippen LogP contribution in [0.4, 0.5) is 4.39 Å². The summed E-state index contributed by atoms with van der Waals surface area (Å²) in [6, 6.07) is -0.576. The van der Waals surface area contributed by atoms with Crippen LogP contribution < -0.4 is 22.1 Å². The molecule has 0 aromatic heterocycles. The van der Waals surface area contributed by atoms with Crippen molar-refractivity contribution in [1.29, 1.82) is 0 Å². The number of benzene rings is 1. The molecule has 1 aromatic rings. The lowest BCUT2D eigenvalue weighted by atomic mass is 10.0. The normalized spacial score (nSPS) is 21.5. The fourth-order valence-electron chi connectivity index (χ4n) is 5.43. The molecule has 0 aliphatic carbocycles. The fraction of sp³-hybridized carbons (Fsp3) is 0.607. The minimum Gasteiger partial charge on any atom is -0.458 e. The summed E-state index contributed by atoms with van der Waals surface area (Å²) in [4.78, 5) is 67.8. The first-order chi connectivity index (χ1) is 19.3. The molecule has 6 atom stereocenters. The van der Waals surface area contributed by atoms with Crippen molar-refractivity contribution in [3.63, 3.8) is 0 Å². The number of rotatable bonds is 10. The van der Waals surface area contributed by atoms with Crippen molar-refractivity contribution in [1.82, 2.24) is 20.4 Å². The summed E-state index contributed by atoms with van der Waals surface area (Å²) in [5.41, 5.74) is 13.0. The van der Waals surface area contributed by atoms with Crippen LogP contribution in [0, 0.1) is 12.7 Å². The summed E-state index contributed by atoms with van der Waals surface area (Å²) in [6.45, 7) is 5.33. The molecule has 6 N–H and O–H groups in total. The third kappa shape index (κ3) is 7.79. The Morgan fingerprint density at radius 2 is 1.61 bits per heavy atom. The Kier molecular flexibility index (Phi) is 10.8. The Bertz CT molecular complexity index is 1140. The van der Waals surface area contributed by atoms with Gasteiger partial charge in [-0.2, -0.15) is 0 Å². The fourth-order valence-corrected chi connectivity index (χ4v) is 5.43. The van der Waals surface area contributed by atoms with Crippen molar-refractivity contribution < 1.29 is 33.1 Å². The molecule has 4 amide bonds. The minimum absolute atomic E-state index is 0.000507. The van der Waals surface area contributed by atoms with Crippen LogP contribution in [0.3, 0.4) is 0 Å². The average Bonchev–Trinajstić information content (AvgIpc) is 3.60. The number of carbonyl (C=O) groups excluding carboxylic acids is 5. The van der Waals surface area contributed by atoms with E-state index in [4.69, 9.17) is 16.2 Å². The van der Waals surface area contributed by atoms with Crippen LogP contribution in [-0.4, -0.2) is 95.8 Å². The number of nitrogens with one attached hydrogen (secondary N) is 2. The van der Waals surface area contributed by atoms with E-state index in [1.54, 1.807) is 13.0 Å². The first-order valence-corrected chi connectivity index (χ1v) is 13.9. The molecule has 0 bridgehead atoms. The van der Waals surface area contributed by atoms with E-state index in [1.807, 2.05) is 0 Å². The smallest absolute Gasteiger partial charge is 0.329 e. The largest absolute Gasteiger partial charge is 0.458 e.